The number of carbonyl (C=O) groups excluding carboxylic acids is 1. The Balaban J connectivity index is -0.000000247. The van der Waals surface area contributed by atoms with E-state index in [1.165, 1.54) is 0 Å². The zero-order valence-corrected chi connectivity index (χ0v) is 15.5. The van der Waals surface area contributed by atoms with E-state index < -0.39 is 9.05 Å². The van der Waals surface area contributed by atoms with Gasteiger partial charge < -0.3 is 14.8 Å². The van der Waals surface area contributed by atoms with Crippen molar-refractivity contribution in [1.82, 2.24) is 0 Å². The summed E-state index contributed by atoms with van der Waals surface area (Å²) in [5, 5.41) is 0. The van der Waals surface area contributed by atoms with Gasteiger partial charge in [0.1, 0.15) is 0 Å². The first-order valence-electron chi connectivity index (χ1n) is 3.73. The second-order valence-corrected chi connectivity index (χ2v) is 4.68. The number of nitrogens with two attached hydrogens (primary N) is 1. The van der Waals surface area contributed by atoms with Crippen LogP contribution in [0, 0.1) is 6.92 Å². The predicted molar refractivity (Wildman–Crippen MR) is 56.8 cm³/mol. The molecular formula is C8H9NNa2O4S2. The Morgan fingerprint density at radius 2 is 1.53 bits per heavy atom. The summed E-state index contributed by atoms with van der Waals surface area (Å²) in [6, 6.07) is 7.16. The Hall–Kier alpha value is 0.980. The molecule has 0 fully saturated rings. The van der Waals surface area contributed by atoms with Crippen LogP contribution in [0.15, 0.2) is 24.3 Å². The van der Waals surface area contributed by atoms with Crippen LogP contribution in [0.25, 0.3) is 0 Å². The molecule has 17 heavy (non-hydrogen) atoms. The molecule has 84 valence electrons. The molecule has 1 amide bonds. The molecule has 0 aromatic heterocycles. The third kappa shape index (κ3) is 17.0. The molecule has 5 nitrogen and oxygen atoms in total. The zero-order chi connectivity index (χ0) is 12.1. The summed E-state index contributed by atoms with van der Waals surface area (Å²) in [6.07, 6.45) is 0. The van der Waals surface area contributed by atoms with Crippen LogP contribution in [-0.2, 0) is 20.2 Å². The molecule has 0 saturated carbocycles. The van der Waals surface area contributed by atoms with Crippen molar-refractivity contribution < 1.29 is 77.2 Å². The van der Waals surface area contributed by atoms with Gasteiger partial charge in [0.2, 0.25) is 5.91 Å². The van der Waals surface area contributed by atoms with Crippen molar-refractivity contribution in [2.75, 3.05) is 0 Å². The molecule has 0 aliphatic heterocycles. The summed E-state index contributed by atoms with van der Waals surface area (Å²) in [7, 11) is -4.33. The average molecular weight is 293 g/mol. The SMILES string of the molecule is Cc1ccc(C(N)=O)cc1.O=S([O-])([O-])=S.[Na+].[Na+]. The number of primary amides is 1. The minimum Gasteiger partial charge on any atom is -0.780 e. The van der Waals surface area contributed by atoms with E-state index in [0.717, 1.165) is 5.56 Å². The number of benzene rings is 1. The third-order valence-electron chi connectivity index (χ3n) is 1.34. The van der Waals surface area contributed by atoms with E-state index in [1.807, 2.05) is 19.1 Å². The van der Waals surface area contributed by atoms with Crippen molar-refractivity contribution in [3.63, 3.8) is 0 Å². The fourth-order valence-electron chi connectivity index (χ4n) is 0.718. The van der Waals surface area contributed by atoms with Gasteiger partial charge in [0.15, 0.2) is 0 Å². The van der Waals surface area contributed by atoms with Gasteiger partial charge in [-0.05, 0) is 30.2 Å². The van der Waals surface area contributed by atoms with Gasteiger partial charge in [0.05, 0.1) is 0 Å². The molecule has 2 N–H and O–H groups in total. The molecule has 1 rings (SSSR count). The predicted octanol–water partition coefficient (Wildman–Crippen LogP) is -5.90. The number of rotatable bonds is 1. The molecule has 1 aromatic carbocycles. The average Bonchev–Trinajstić information content (AvgIpc) is 2.01. The van der Waals surface area contributed by atoms with Crippen LogP contribution in [0.5, 0.6) is 0 Å². The standard InChI is InChI=1S/C8H9NO.2Na.H2O3S2/c1-6-2-4-7(5-3-6)8(9)10;;;1-5(2,3)4/h2-5H,1H3,(H2,9,10);;;(H2,1,2,3,4)/q;2*+1;/p-2. The van der Waals surface area contributed by atoms with Crippen LogP contribution >= 0.6 is 0 Å². The van der Waals surface area contributed by atoms with Crippen LogP contribution in [-0.4, -0.2) is 19.2 Å². The number of hydrogen-bond acceptors (Lipinski definition) is 5. The summed E-state index contributed by atoms with van der Waals surface area (Å²) in [5.74, 6) is -0.375. The smallest absolute Gasteiger partial charge is 0.780 e. The van der Waals surface area contributed by atoms with E-state index in [-0.39, 0.29) is 65.0 Å². The molecule has 9 heteroatoms. The second-order valence-electron chi connectivity index (χ2n) is 2.64. The fraction of sp³-hybridized carbons (Fsp3) is 0.125. The molecule has 0 heterocycles. The molecule has 0 aliphatic carbocycles. The fourth-order valence-corrected chi connectivity index (χ4v) is 0.718. The minimum absolute atomic E-state index is 0. The maximum Gasteiger partial charge on any atom is 1.00 e. The first kappa shape index (κ1) is 23.1. The van der Waals surface area contributed by atoms with Crippen molar-refractivity contribution in [3.8, 4) is 0 Å². The van der Waals surface area contributed by atoms with Crippen molar-refractivity contribution in [3.05, 3.63) is 35.4 Å². The van der Waals surface area contributed by atoms with E-state index in [9.17, 15) is 4.79 Å². The Kier molecular flexibility index (Phi) is 14.8. The summed E-state index contributed by atoms with van der Waals surface area (Å²) in [5.41, 5.74) is 6.72. The number of amides is 1. The van der Waals surface area contributed by atoms with E-state index in [1.54, 1.807) is 12.1 Å². The largest absolute Gasteiger partial charge is 1.00 e. The summed E-state index contributed by atoms with van der Waals surface area (Å²) in [6.45, 7) is 1.96. The van der Waals surface area contributed by atoms with Gasteiger partial charge >= 0.3 is 59.1 Å². The van der Waals surface area contributed by atoms with Crippen molar-refractivity contribution in [2.24, 2.45) is 5.73 Å². The van der Waals surface area contributed by atoms with Crippen LogP contribution in [0.1, 0.15) is 15.9 Å². The Morgan fingerprint density at radius 1 is 1.24 bits per heavy atom. The van der Waals surface area contributed by atoms with Gasteiger partial charge in [0.25, 0.3) is 0 Å². The Bertz CT molecular complexity index is 425. The topological polar surface area (TPSA) is 106 Å². The van der Waals surface area contributed by atoms with Gasteiger partial charge in [-0.2, -0.15) is 0 Å². The molecule has 0 atom stereocenters. The number of aryl methyl sites for hydroxylation is 1. The molecule has 1 aromatic rings. The summed E-state index contributed by atoms with van der Waals surface area (Å²) < 4.78 is 26.7. The van der Waals surface area contributed by atoms with Crippen LogP contribution in [0.4, 0.5) is 0 Å². The molecule has 0 unspecified atom stereocenters. The second kappa shape index (κ2) is 10.9. The Morgan fingerprint density at radius 3 is 1.76 bits per heavy atom. The maximum atomic E-state index is 10.5. The van der Waals surface area contributed by atoms with Gasteiger partial charge in [-0.1, -0.05) is 17.7 Å². The summed E-state index contributed by atoms with van der Waals surface area (Å²) >= 11 is 3.24. The summed E-state index contributed by atoms with van der Waals surface area (Å²) in [4.78, 5) is 10.5. The quantitative estimate of drug-likeness (QED) is 0.519. The molecule has 0 radical (unpaired) electrons. The Labute approximate surface area is 149 Å². The van der Waals surface area contributed by atoms with E-state index in [4.69, 9.17) is 19.0 Å². The zero-order valence-electron chi connectivity index (χ0n) is 9.84. The van der Waals surface area contributed by atoms with E-state index in [0.29, 0.717) is 5.56 Å². The van der Waals surface area contributed by atoms with Crippen molar-refractivity contribution in [2.45, 2.75) is 6.92 Å². The molecule has 0 aliphatic rings. The van der Waals surface area contributed by atoms with Crippen LogP contribution < -0.4 is 64.8 Å². The number of hydrogen-bond donors (Lipinski definition) is 1. The van der Waals surface area contributed by atoms with Gasteiger partial charge in [-0.25, -0.2) is 0 Å². The van der Waals surface area contributed by atoms with Gasteiger partial charge in [0, 0.05) is 5.56 Å². The minimum atomic E-state index is -4.33. The van der Waals surface area contributed by atoms with Crippen molar-refractivity contribution in [1.29, 1.82) is 0 Å². The van der Waals surface area contributed by atoms with Crippen LogP contribution in [0.2, 0.25) is 0 Å². The van der Waals surface area contributed by atoms with E-state index in [2.05, 4.69) is 11.2 Å². The molecule has 0 saturated heterocycles. The van der Waals surface area contributed by atoms with Crippen molar-refractivity contribution >= 4 is 26.1 Å². The van der Waals surface area contributed by atoms with Crippen LogP contribution in [0.3, 0.4) is 0 Å². The van der Waals surface area contributed by atoms with E-state index >= 15 is 0 Å². The monoisotopic (exact) mass is 293 g/mol. The maximum absolute atomic E-state index is 10.5. The third-order valence-corrected chi connectivity index (χ3v) is 1.34. The molecule has 0 bridgehead atoms. The normalized spacial score (nSPS) is 8.88. The van der Waals surface area contributed by atoms with Gasteiger partial charge in [-0.3, -0.25) is 9.00 Å². The first-order valence-corrected chi connectivity index (χ1v) is 6.06. The van der Waals surface area contributed by atoms with Gasteiger partial charge in [-0.15, -0.1) is 9.05 Å². The molecular weight excluding hydrogens is 284 g/mol. The number of carbonyl (C=O) groups is 1. The molecule has 0 spiro atoms. The first-order chi connectivity index (χ1) is 6.70.